The van der Waals surface area contributed by atoms with Crippen molar-refractivity contribution in [1.82, 2.24) is 0 Å². The zero-order valence-electron chi connectivity index (χ0n) is 16.4. The van der Waals surface area contributed by atoms with E-state index in [2.05, 4.69) is 114 Å². The normalized spacial score (nSPS) is 10.8. The first kappa shape index (κ1) is 18.5. The summed E-state index contributed by atoms with van der Waals surface area (Å²) in [5.74, 6) is 0. The quantitative estimate of drug-likeness (QED) is 0.289. The SMILES string of the molecule is Clc1ccc(-c2ccc(N(c3ccccc3)c3cccc4ccccc34)cc2)cc1. The van der Waals surface area contributed by atoms with Crippen LogP contribution in [0.5, 0.6) is 0 Å². The van der Waals surface area contributed by atoms with Crippen molar-refractivity contribution in [2.45, 2.75) is 0 Å². The lowest BCUT2D eigenvalue weighted by atomic mass is 10.0. The summed E-state index contributed by atoms with van der Waals surface area (Å²) in [6.07, 6.45) is 0. The van der Waals surface area contributed by atoms with Gasteiger partial charge in [-0.15, -0.1) is 0 Å². The number of nitrogens with zero attached hydrogens (tertiary/aromatic N) is 1. The van der Waals surface area contributed by atoms with Crippen LogP contribution in [0.25, 0.3) is 21.9 Å². The average molecular weight is 406 g/mol. The molecule has 0 aliphatic rings. The molecular formula is C28H20ClN. The maximum atomic E-state index is 6.04. The van der Waals surface area contributed by atoms with Crippen molar-refractivity contribution in [1.29, 1.82) is 0 Å². The number of benzene rings is 5. The van der Waals surface area contributed by atoms with Gasteiger partial charge in [0.15, 0.2) is 0 Å². The predicted octanol–water partition coefficient (Wildman–Crippen LogP) is 8.63. The highest BCUT2D eigenvalue weighted by Crippen LogP contribution is 2.39. The minimum Gasteiger partial charge on any atom is -0.310 e. The van der Waals surface area contributed by atoms with Crippen LogP contribution >= 0.6 is 11.6 Å². The Kier molecular flexibility index (Phi) is 4.96. The molecule has 0 aliphatic carbocycles. The smallest absolute Gasteiger partial charge is 0.0540 e. The van der Waals surface area contributed by atoms with Crippen molar-refractivity contribution >= 4 is 39.4 Å². The third-order valence-corrected chi connectivity index (χ3v) is 5.58. The fourth-order valence-corrected chi connectivity index (χ4v) is 3.98. The van der Waals surface area contributed by atoms with E-state index < -0.39 is 0 Å². The Labute approximate surface area is 181 Å². The van der Waals surface area contributed by atoms with Gasteiger partial charge in [0.1, 0.15) is 0 Å². The maximum absolute atomic E-state index is 6.04. The molecule has 0 aromatic heterocycles. The van der Waals surface area contributed by atoms with Gasteiger partial charge in [-0.2, -0.15) is 0 Å². The molecule has 5 aromatic rings. The summed E-state index contributed by atoms with van der Waals surface area (Å²) >= 11 is 6.04. The first-order chi connectivity index (χ1) is 14.8. The Morgan fingerprint density at radius 3 is 1.77 bits per heavy atom. The summed E-state index contributed by atoms with van der Waals surface area (Å²) in [5.41, 5.74) is 5.74. The number of rotatable bonds is 4. The first-order valence-electron chi connectivity index (χ1n) is 9.98. The highest BCUT2D eigenvalue weighted by atomic mass is 35.5. The van der Waals surface area contributed by atoms with Crippen LogP contribution in [0.3, 0.4) is 0 Å². The van der Waals surface area contributed by atoms with Crippen molar-refractivity contribution in [3.05, 3.63) is 126 Å². The van der Waals surface area contributed by atoms with Crippen molar-refractivity contribution in [2.75, 3.05) is 4.90 Å². The molecule has 0 saturated heterocycles. The predicted molar refractivity (Wildman–Crippen MR) is 129 cm³/mol. The minimum absolute atomic E-state index is 0.751. The van der Waals surface area contributed by atoms with Gasteiger partial charge in [-0.05, 0) is 59.0 Å². The van der Waals surface area contributed by atoms with Crippen LogP contribution < -0.4 is 4.90 Å². The van der Waals surface area contributed by atoms with Crippen molar-refractivity contribution in [3.63, 3.8) is 0 Å². The molecule has 5 rings (SSSR count). The molecule has 0 aliphatic heterocycles. The Hall–Kier alpha value is -3.55. The molecule has 5 aromatic carbocycles. The molecule has 0 fully saturated rings. The van der Waals surface area contributed by atoms with Crippen LogP contribution in [-0.2, 0) is 0 Å². The van der Waals surface area contributed by atoms with Crippen LogP contribution in [-0.4, -0.2) is 0 Å². The fraction of sp³-hybridized carbons (Fsp3) is 0. The Balaban J connectivity index is 1.63. The number of anilines is 3. The Morgan fingerprint density at radius 2 is 1.03 bits per heavy atom. The molecule has 0 radical (unpaired) electrons. The van der Waals surface area contributed by atoms with Crippen molar-refractivity contribution < 1.29 is 0 Å². The van der Waals surface area contributed by atoms with Gasteiger partial charge in [0.25, 0.3) is 0 Å². The number of hydrogen-bond acceptors (Lipinski definition) is 1. The monoisotopic (exact) mass is 405 g/mol. The van der Waals surface area contributed by atoms with Crippen LogP contribution in [0.15, 0.2) is 121 Å². The Morgan fingerprint density at radius 1 is 0.467 bits per heavy atom. The molecule has 0 unspecified atom stereocenters. The van der Waals surface area contributed by atoms with E-state index in [0.29, 0.717) is 0 Å². The van der Waals surface area contributed by atoms with Crippen molar-refractivity contribution in [3.8, 4) is 11.1 Å². The van der Waals surface area contributed by atoms with Gasteiger partial charge in [-0.25, -0.2) is 0 Å². The lowest BCUT2D eigenvalue weighted by molar-refractivity contribution is 1.30. The van der Waals surface area contributed by atoms with Gasteiger partial charge in [-0.1, -0.05) is 90.5 Å². The van der Waals surface area contributed by atoms with Gasteiger partial charge in [0.05, 0.1) is 5.69 Å². The lowest BCUT2D eigenvalue weighted by Gasteiger charge is -2.27. The van der Waals surface area contributed by atoms with E-state index in [0.717, 1.165) is 22.0 Å². The molecule has 0 heterocycles. The molecule has 1 nitrogen and oxygen atoms in total. The number of fused-ring (bicyclic) bond motifs is 1. The molecule has 0 spiro atoms. The van der Waals surface area contributed by atoms with E-state index in [-0.39, 0.29) is 0 Å². The first-order valence-corrected chi connectivity index (χ1v) is 10.4. The average Bonchev–Trinajstić information content (AvgIpc) is 2.81. The second-order valence-corrected chi connectivity index (χ2v) is 7.66. The second-order valence-electron chi connectivity index (χ2n) is 7.22. The van der Waals surface area contributed by atoms with E-state index in [1.54, 1.807) is 0 Å². The molecule has 30 heavy (non-hydrogen) atoms. The zero-order chi connectivity index (χ0) is 20.3. The highest BCUT2D eigenvalue weighted by Gasteiger charge is 2.14. The van der Waals surface area contributed by atoms with Gasteiger partial charge >= 0.3 is 0 Å². The molecule has 2 heteroatoms. The van der Waals surface area contributed by atoms with Gasteiger partial charge in [0.2, 0.25) is 0 Å². The number of hydrogen-bond donors (Lipinski definition) is 0. The molecule has 144 valence electrons. The summed E-state index contributed by atoms with van der Waals surface area (Å²) in [6.45, 7) is 0. The lowest BCUT2D eigenvalue weighted by Crippen LogP contribution is -2.10. The van der Waals surface area contributed by atoms with Gasteiger partial charge in [0, 0.05) is 21.8 Å². The summed E-state index contributed by atoms with van der Waals surface area (Å²) < 4.78 is 0. The molecular weight excluding hydrogens is 386 g/mol. The van der Waals surface area contributed by atoms with Crippen LogP contribution in [0.4, 0.5) is 17.1 Å². The third kappa shape index (κ3) is 3.56. The van der Waals surface area contributed by atoms with E-state index in [1.165, 1.54) is 22.0 Å². The van der Waals surface area contributed by atoms with Crippen LogP contribution in [0.1, 0.15) is 0 Å². The molecule has 0 bridgehead atoms. The van der Waals surface area contributed by atoms with E-state index in [1.807, 2.05) is 12.1 Å². The summed E-state index contributed by atoms with van der Waals surface area (Å²) in [7, 11) is 0. The summed E-state index contributed by atoms with van der Waals surface area (Å²) in [4.78, 5) is 2.31. The fourth-order valence-electron chi connectivity index (χ4n) is 3.85. The molecule has 0 N–H and O–H groups in total. The number of halogens is 1. The molecule has 0 saturated carbocycles. The standard InChI is InChI=1S/C28H20ClN/c29-24-17-13-21(14-18-24)22-15-19-26(20-16-22)30(25-9-2-1-3-10-25)28-12-6-8-23-7-4-5-11-27(23)28/h1-20H. The van der Waals surface area contributed by atoms with Gasteiger partial charge < -0.3 is 4.90 Å². The molecule has 0 amide bonds. The maximum Gasteiger partial charge on any atom is 0.0540 e. The number of para-hydroxylation sites is 1. The van der Waals surface area contributed by atoms with Crippen molar-refractivity contribution in [2.24, 2.45) is 0 Å². The zero-order valence-corrected chi connectivity index (χ0v) is 17.1. The second kappa shape index (κ2) is 8.06. The minimum atomic E-state index is 0.751. The highest BCUT2D eigenvalue weighted by molar-refractivity contribution is 6.30. The van der Waals surface area contributed by atoms with Gasteiger partial charge in [-0.3, -0.25) is 0 Å². The summed E-state index contributed by atoms with van der Waals surface area (Å²) in [6, 6.07) is 42.1. The topological polar surface area (TPSA) is 3.24 Å². The van der Waals surface area contributed by atoms with Crippen LogP contribution in [0.2, 0.25) is 5.02 Å². The van der Waals surface area contributed by atoms with E-state index >= 15 is 0 Å². The Bertz CT molecular complexity index is 1270. The molecule has 0 atom stereocenters. The van der Waals surface area contributed by atoms with E-state index in [4.69, 9.17) is 11.6 Å². The van der Waals surface area contributed by atoms with E-state index in [9.17, 15) is 0 Å². The largest absolute Gasteiger partial charge is 0.310 e. The van der Waals surface area contributed by atoms with Crippen LogP contribution in [0, 0.1) is 0 Å². The summed E-state index contributed by atoms with van der Waals surface area (Å²) in [5, 5.41) is 3.21. The third-order valence-electron chi connectivity index (χ3n) is 5.32.